The lowest BCUT2D eigenvalue weighted by Crippen LogP contribution is -2.14. The maximum Gasteiger partial charge on any atom is 0.227 e. The summed E-state index contributed by atoms with van der Waals surface area (Å²) in [5, 5.41) is 5.44. The number of ether oxygens (including phenoxy) is 1. The smallest absolute Gasteiger partial charge is 0.227 e. The molecular weight excluding hydrogens is 300 g/mol. The van der Waals surface area contributed by atoms with Crippen LogP contribution in [0.1, 0.15) is 43.7 Å². The van der Waals surface area contributed by atoms with Gasteiger partial charge >= 0.3 is 0 Å². The molecule has 0 bridgehead atoms. The summed E-state index contributed by atoms with van der Waals surface area (Å²) >= 11 is 0. The van der Waals surface area contributed by atoms with Crippen molar-refractivity contribution in [3.05, 3.63) is 48.2 Å². The van der Waals surface area contributed by atoms with E-state index in [1.165, 1.54) is 32.1 Å². The monoisotopic (exact) mass is 322 g/mol. The van der Waals surface area contributed by atoms with Gasteiger partial charge in [-0.1, -0.05) is 49.6 Å². The second-order valence-corrected chi connectivity index (χ2v) is 6.41. The van der Waals surface area contributed by atoms with Gasteiger partial charge in [-0.25, -0.2) is 4.98 Å². The van der Waals surface area contributed by atoms with Gasteiger partial charge in [0.05, 0.1) is 11.6 Å². The van der Waals surface area contributed by atoms with Crippen LogP contribution in [0.3, 0.4) is 0 Å². The molecule has 0 spiro atoms. The van der Waals surface area contributed by atoms with Gasteiger partial charge in [0.25, 0.3) is 0 Å². The Morgan fingerprint density at radius 1 is 1.08 bits per heavy atom. The number of nitrogens with two attached hydrogens (primary N) is 1. The lowest BCUT2D eigenvalue weighted by molar-refractivity contribution is 0.298. The molecule has 0 saturated heterocycles. The molecule has 5 nitrogen and oxygen atoms in total. The summed E-state index contributed by atoms with van der Waals surface area (Å²) in [6.45, 7) is 0.473. The zero-order valence-corrected chi connectivity index (χ0v) is 13.7. The lowest BCUT2D eigenvalue weighted by atomic mass is 9.95. The van der Waals surface area contributed by atoms with Crippen molar-refractivity contribution in [1.82, 2.24) is 14.8 Å². The summed E-state index contributed by atoms with van der Waals surface area (Å²) in [7, 11) is 0. The molecular formula is C19H22N4O. The first-order valence-corrected chi connectivity index (χ1v) is 8.62. The van der Waals surface area contributed by atoms with E-state index in [0.29, 0.717) is 24.3 Å². The van der Waals surface area contributed by atoms with Crippen LogP contribution in [-0.4, -0.2) is 14.8 Å². The van der Waals surface area contributed by atoms with Gasteiger partial charge in [0.1, 0.15) is 12.0 Å². The first-order valence-electron chi connectivity index (χ1n) is 8.62. The van der Waals surface area contributed by atoms with Crippen molar-refractivity contribution in [2.75, 3.05) is 5.73 Å². The molecule has 4 rings (SSSR count). The molecule has 1 aliphatic rings. The van der Waals surface area contributed by atoms with E-state index in [4.69, 9.17) is 10.5 Å². The fourth-order valence-electron chi connectivity index (χ4n) is 3.52. The topological polar surface area (TPSA) is 66.0 Å². The van der Waals surface area contributed by atoms with Crippen LogP contribution in [-0.2, 0) is 6.61 Å². The summed E-state index contributed by atoms with van der Waals surface area (Å²) in [6.07, 6.45) is 7.95. The third-order valence-corrected chi connectivity index (χ3v) is 4.75. The maximum atomic E-state index is 6.20. The van der Waals surface area contributed by atoms with Crippen LogP contribution in [0, 0.1) is 0 Å². The summed E-state index contributed by atoms with van der Waals surface area (Å²) in [4.78, 5) is 4.39. The molecule has 1 aliphatic carbocycles. The first-order chi connectivity index (χ1) is 11.8. The van der Waals surface area contributed by atoms with Crippen molar-refractivity contribution in [2.24, 2.45) is 0 Å². The van der Waals surface area contributed by atoms with Gasteiger partial charge in [-0.3, -0.25) is 4.68 Å². The highest BCUT2D eigenvalue weighted by Crippen LogP contribution is 2.35. The fourth-order valence-corrected chi connectivity index (χ4v) is 3.52. The predicted octanol–water partition coefficient (Wildman–Crippen LogP) is 4.10. The van der Waals surface area contributed by atoms with E-state index in [2.05, 4.69) is 14.8 Å². The SMILES string of the molecule is Nc1nn(C2CCCCC2)c2ccnc(OCc3ccccc3)c12. The second kappa shape index (κ2) is 6.51. The molecule has 0 radical (unpaired) electrons. The summed E-state index contributed by atoms with van der Waals surface area (Å²) in [5.74, 6) is 1.07. The minimum absolute atomic E-state index is 0.433. The molecule has 0 atom stereocenters. The number of hydrogen-bond donors (Lipinski definition) is 1. The maximum absolute atomic E-state index is 6.20. The summed E-state index contributed by atoms with van der Waals surface area (Å²) < 4.78 is 8.03. The Bertz CT molecular complexity index is 822. The molecule has 0 aliphatic heterocycles. The van der Waals surface area contributed by atoms with E-state index in [-0.39, 0.29) is 0 Å². The highest BCUT2D eigenvalue weighted by Gasteiger charge is 2.21. The van der Waals surface area contributed by atoms with Crippen molar-refractivity contribution in [1.29, 1.82) is 0 Å². The lowest BCUT2D eigenvalue weighted by Gasteiger charge is -2.22. The van der Waals surface area contributed by atoms with E-state index >= 15 is 0 Å². The predicted molar refractivity (Wildman–Crippen MR) is 94.8 cm³/mol. The van der Waals surface area contributed by atoms with Crippen LogP contribution < -0.4 is 10.5 Å². The Balaban J connectivity index is 1.65. The van der Waals surface area contributed by atoms with Crippen LogP contribution in [0.5, 0.6) is 5.88 Å². The second-order valence-electron chi connectivity index (χ2n) is 6.41. The van der Waals surface area contributed by atoms with Crippen molar-refractivity contribution in [3.63, 3.8) is 0 Å². The Labute approximate surface area is 141 Å². The van der Waals surface area contributed by atoms with Crippen molar-refractivity contribution >= 4 is 16.7 Å². The Morgan fingerprint density at radius 2 is 1.88 bits per heavy atom. The minimum Gasteiger partial charge on any atom is -0.472 e. The van der Waals surface area contributed by atoms with Gasteiger partial charge in [-0.05, 0) is 24.5 Å². The number of pyridine rings is 1. The molecule has 5 heteroatoms. The highest BCUT2D eigenvalue weighted by molar-refractivity contribution is 5.93. The largest absolute Gasteiger partial charge is 0.472 e. The van der Waals surface area contributed by atoms with Gasteiger partial charge in [0.2, 0.25) is 5.88 Å². The van der Waals surface area contributed by atoms with E-state index in [9.17, 15) is 0 Å². The summed E-state index contributed by atoms with van der Waals surface area (Å²) in [5.41, 5.74) is 8.33. The van der Waals surface area contributed by atoms with E-state index in [1.54, 1.807) is 6.20 Å². The molecule has 1 fully saturated rings. The number of anilines is 1. The van der Waals surface area contributed by atoms with Gasteiger partial charge in [-0.2, -0.15) is 5.10 Å². The Hall–Kier alpha value is -2.56. The number of benzene rings is 1. The third-order valence-electron chi connectivity index (χ3n) is 4.75. The Morgan fingerprint density at radius 3 is 2.67 bits per heavy atom. The molecule has 0 amide bonds. The molecule has 2 aromatic heterocycles. The van der Waals surface area contributed by atoms with Gasteiger partial charge in [-0.15, -0.1) is 0 Å². The number of nitrogen functional groups attached to an aromatic ring is 1. The van der Waals surface area contributed by atoms with Crippen LogP contribution in [0.25, 0.3) is 10.9 Å². The zero-order valence-electron chi connectivity index (χ0n) is 13.7. The quantitative estimate of drug-likeness (QED) is 0.785. The molecule has 0 unspecified atom stereocenters. The van der Waals surface area contributed by atoms with Gasteiger partial charge < -0.3 is 10.5 Å². The van der Waals surface area contributed by atoms with E-state index in [1.807, 2.05) is 36.4 Å². The van der Waals surface area contributed by atoms with Crippen molar-refractivity contribution < 1.29 is 4.74 Å². The minimum atomic E-state index is 0.433. The number of nitrogens with zero attached hydrogens (tertiary/aromatic N) is 3. The first kappa shape index (κ1) is 15.0. The summed E-state index contributed by atoms with van der Waals surface area (Å²) in [6, 6.07) is 12.5. The molecule has 1 saturated carbocycles. The number of hydrogen-bond acceptors (Lipinski definition) is 4. The third kappa shape index (κ3) is 2.82. The molecule has 3 aromatic rings. The number of rotatable bonds is 4. The van der Waals surface area contributed by atoms with Crippen LogP contribution in [0.15, 0.2) is 42.6 Å². The zero-order chi connectivity index (χ0) is 16.4. The average Bonchev–Trinajstić information content (AvgIpc) is 2.99. The van der Waals surface area contributed by atoms with Gasteiger partial charge in [0.15, 0.2) is 5.82 Å². The van der Waals surface area contributed by atoms with E-state index < -0.39 is 0 Å². The average molecular weight is 322 g/mol. The van der Waals surface area contributed by atoms with Crippen molar-refractivity contribution in [3.8, 4) is 5.88 Å². The normalized spacial score (nSPS) is 15.7. The highest BCUT2D eigenvalue weighted by atomic mass is 16.5. The Kier molecular flexibility index (Phi) is 4.07. The fraction of sp³-hybridized carbons (Fsp3) is 0.368. The molecule has 2 N–H and O–H groups in total. The van der Waals surface area contributed by atoms with Crippen LogP contribution >= 0.6 is 0 Å². The van der Waals surface area contributed by atoms with Gasteiger partial charge in [0, 0.05) is 6.20 Å². The van der Waals surface area contributed by atoms with E-state index in [0.717, 1.165) is 16.5 Å². The van der Waals surface area contributed by atoms with Crippen LogP contribution in [0.2, 0.25) is 0 Å². The number of fused-ring (bicyclic) bond motifs is 1. The van der Waals surface area contributed by atoms with Crippen molar-refractivity contribution in [2.45, 2.75) is 44.8 Å². The molecule has 124 valence electrons. The van der Waals surface area contributed by atoms with Crippen LogP contribution in [0.4, 0.5) is 5.82 Å². The standard InChI is InChI=1S/C19H22N4O/c20-18-17-16(23(22-18)15-9-5-2-6-10-15)11-12-21-19(17)24-13-14-7-3-1-4-8-14/h1,3-4,7-8,11-12,15H,2,5-6,9-10,13H2,(H2,20,22). The molecule has 2 heterocycles. The number of aromatic nitrogens is 3. The molecule has 24 heavy (non-hydrogen) atoms. The molecule has 1 aromatic carbocycles.